The average Bonchev–Trinajstić information content (AvgIpc) is 3.21. The summed E-state index contributed by atoms with van der Waals surface area (Å²) in [4.78, 5) is 32.8. The van der Waals surface area contributed by atoms with E-state index in [1.165, 1.54) is 0 Å². The lowest BCUT2D eigenvalue weighted by Crippen LogP contribution is -2.41. The summed E-state index contributed by atoms with van der Waals surface area (Å²) in [5, 5.41) is 0.964. The third-order valence-corrected chi connectivity index (χ3v) is 5.41. The summed E-state index contributed by atoms with van der Waals surface area (Å²) in [5.41, 5.74) is 2.63. The second-order valence-electron chi connectivity index (χ2n) is 7.14. The number of rotatable bonds is 2. The highest BCUT2D eigenvalue weighted by Gasteiger charge is 2.31. The first kappa shape index (κ1) is 17.1. The molecule has 0 radical (unpaired) electrons. The lowest BCUT2D eigenvalue weighted by Gasteiger charge is -2.24. The minimum absolute atomic E-state index is 0.0476. The van der Waals surface area contributed by atoms with Gasteiger partial charge in [0.2, 0.25) is 0 Å². The molecule has 0 aliphatic carbocycles. The predicted octanol–water partition coefficient (Wildman–Crippen LogP) is 2.33. The van der Waals surface area contributed by atoms with Gasteiger partial charge in [-0.3, -0.25) is 9.59 Å². The Bertz CT molecular complexity index is 823. The van der Waals surface area contributed by atoms with Crippen molar-refractivity contribution in [3.63, 3.8) is 0 Å². The molecule has 2 aromatic rings. The van der Waals surface area contributed by atoms with Crippen LogP contribution < -0.4 is 0 Å². The number of para-hydroxylation sites is 1. The number of carbonyl (C=O) groups is 2. The van der Waals surface area contributed by atoms with Crippen molar-refractivity contribution in [3.8, 4) is 0 Å². The van der Waals surface area contributed by atoms with E-state index >= 15 is 0 Å². The van der Waals surface area contributed by atoms with E-state index in [4.69, 9.17) is 4.74 Å². The third kappa shape index (κ3) is 3.09. The Hall–Kier alpha value is -2.34. The summed E-state index contributed by atoms with van der Waals surface area (Å²) < 4.78 is 5.53. The minimum atomic E-state index is -0.284. The summed E-state index contributed by atoms with van der Waals surface area (Å²) in [6.07, 6.45) is 2.28. The highest BCUT2D eigenvalue weighted by molar-refractivity contribution is 6.08. The number of ether oxygens (including phenoxy) is 1. The molecule has 2 fully saturated rings. The SMILES string of the molecule is Cc1[nH]c2ccccc2c1C(=O)N1CCCN(C(=O)C2CCCO2)CC1. The van der Waals surface area contributed by atoms with Crippen LogP contribution in [0.4, 0.5) is 0 Å². The molecule has 3 heterocycles. The molecule has 1 aromatic heterocycles. The number of aromatic nitrogens is 1. The molecule has 1 aromatic carbocycles. The number of hydrogen-bond donors (Lipinski definition) is 1. The first-order valence-electron chi connectivity index (χ1n) is 9.42. The van der Waals surface area contributed by atoms with Crippen molar-refractivity contribution in [2.75, 3.05) is 32.8 Å². The van der Waals surface area contributed by atoms with Gasteiger partial charge in [-0.2, -0.15) is 0 Å². The quantitative estimate of drug-likeness (QED) is 0.899. The smallest absolute Gasteiger partial charge is 0.256 e. The molecule has 1 atom stereocenters. The number of aryl methyl sites for hydroxylation is 1. The normalized spacial score (nSPS) is 21.2. The molecule has 2 amide bonds. The van der Waals surface area contributed by atoms with Crippen LogP contribution in [0.25, 0.3) is 10.9 Å². The predicted molar refractivity (Wildman–Crippen MR) is 99.1 cm³/mol. The van der Waals surface area contributed by atoms with Gasteiger partial charge in [0.15, 0.2) is 0 Å². The Labute approximate surface area is 153 Å². The molecule has 26 heavy (non-hydrogen) atoms. The second kappa shape index (κ2) is 7.11. The van der Waals surface area contributed by atoms with E-state index in [1.807, 2.05) is 41.0 Å². The molecule has 138 valence electrons. The van der Waals surface area contributed by atoms with E-state index in [0.717, 1.165) is 41.4 Å². The second-order valence-corrected chi connectivity index (χ2v) is 7.14. The van der Waals surface area contributed by atoms with Gasteiger partial charge in [-0.05, 0) is 32.3 Å². The number of nitrogens with one attached hydrogen (secondary N) is 1. The van der Waals surface area contributed by atoms with Crippen LogP contribution in [0.15, 0.2) is 24.3 Å². The average molecular weight is 355 g/mol. The number of hydrogen-bond acceptors (Lipinski definition) is 3. The molecular weight excluding hydrogens is 330 g/mol. The van der Waals surface area contributed by atoms with E-state index in [1.54, 1.807) is 0 Å². The van der Waals surface area contributed by atoms with Crippen LogP contribution in [-0.2, 0) is 9.53 Å². The molecule has 6 heteroatoms. The van der Waals surface area contributed by atoms with Gasteiger partial charge in [-0.15, -0.1) is 0 Å². The van der Waals surface area contributed by atoms with Crippen LogP contribution in [0.2, 0.25) is 0 Å². The zero-order valence-electron chi connectivity index (χ0n) is 15.2. The third-order valence-electron chi connectivity index (χ3n) is 5.41. The zero-order chi connectivity index (χ0) is 18.1. The van der Waals surface area contributed by atoms with Crippen molar-refractivity contribution in [2.45, 2.75) is 32.3 Å². The Balaban J connectivity index is 1.49. The van der Waals surface area contributed by atoms with Crippen molar-refractivity contribution >= 4 is 22.7 Å². The van der Waals surface area contributed by atoms with Crippen molar-refractivity contribution in [1.82, 2.24) is 14.8 Å². The molecular formula is C20H25N3O3. The van der Waals surface area contributed by atoms with Crippen LogP contribution >= 0.6 is 0 Å². The number of benzene rings is 1. The van der Waals surface area contributed by atoms with E-state index in [0.29, 0.717) is 32.8 Å². The molecule has 0 bridgehead atoms. The number of fused-ring (bicyclic) bond motifs is 1. The van der Waals surface area contributed by atoms with Crippen LogP contribution in [0.1, 0.15) is 35.3 Å². The molecule has 2 saturated heterocycles. The molecule has 2 aliphatic rings. The van der Waals surface area contributed by atoms with E-state index in [9.17, 15) is 9.59 Å². The summed E-state index contributed by atoms with van der Waals surface area (Å²) >= 11 is 0. The number of nitrogens with zero attached hydrogens (tertiary/aromatic N) is 2. The summed E-state index contributed by atoms with van der Waals surface area (Å²) in [6, 6.07) is 7.89. The fraction of sp³-hybridized carbons (Fsp3) is 0.500. The van der Waals surface area contributed by atoms with E-state index in [-0.39, 0.29) is 17.9 Å². The van der Waals surface area contributed by atoms with Gasteiger partial charge < -0.3 is 19.5 Å². The van der Waals surface area contributed by atoms with Crippen LogP contribution in [0.3, 0.4) is 0 Å². The minimum Gasteiger partial charge on any atom is -0.368 e. The zero-order valence-corrected chi connectivity index (χ0v) is 15.2. The Morgan fingerprint density at radius 3 is 2.65 bits per heavy atom. The van der Waals surface area contributed by atoms with Crippen molar-refractivity contribution in [3.05, 3.63) is 35.5 Å². The first-order valence-corrected chi connectivity index (χ1v) is 9.42. The van der Waals surface area contributed by atoms with Crippen molar-refractivity contribution in [2.24, 2.45) is 0 Å². The molecule has 4 rings (SSSR count). The fourth-order valence-corrected chi connectivity index (χ4v) is 4.03. The molecule has 2 aliphatic heterocycles. The van der Waals surface area contributed by atoms with Gasteiger partial charge in [0.1, 0.15) is 6.10 Å². The lowest BCUT2D eigenvalue weighted by molar-refractivity contribution is -0.140. The fourth-order valence-electron chi connectivity index (χ4n) is 4.03. The summed E-state index contributed by atoms with van der Waals surface area (Å²) in [5.74, 6) is 0.131. The maximum Gasteiger partial charge on any atom is 0.256 e. The molecule has 1 unspecified atom stereocenters. The Morgan fingerprint density at radius 2 is 1.85 bits per heavy atom. The van der Waals surface area contributed by atoms with Gasteiger partial charge in [0, 0.05) is 49.4 Å². The maximum absolute atomic E-state index is 13.2. The van der Waals surface area contributed by atoms with Gasteiger partial charge in [-0.25, -0.2) is 0 Å². The maximum atomic E-state index is 13.2. The van der Waals surface area contributed by atoms with Crippen LogP contribution in [0, 0.1) is 6.92 Å². The van der Waals surface area contributed by atoms with Crippen LogP contribution in [-0.4, -0.2) is 65.5 Å². The van der Waals surface area contributed by atoms with Gasteiger partial charge >= 0.3 is 0 Å². The van der Waals surface area contributed by atoms with Gasteiger partial charge in [0.25, 0.3) is 11.8 Å². The number of carbonyl (C=O) groups excluding carboxylic acids is 2. The number of H-pyrrole nitrogens is 1. The van der Waals surface area contributed by atoms with Crippen molar-refractivity contribution < 1.29 is 14.3 Å². The largest absolute Gasteiger partial charge is 0.368 e. The van der Waals surface area contributed by atoms with Gasteiger partial charge in [0.05, 0.1) is 5.56 Å². The Kier molecular flexibility index (Phi) is 4.68. The molecule has 0 saturated carbocycles. The summed E-state index contributed by atoms with van der Waals surface area (Å²) in [7, 11) is 0. The highest BCUT2D eigenvalue weighted by atomic mass is 16.5. The van der Waals surface area contributed by atoms with E-state index in [2.05, 4.69) is 4.98 Å². The molecule has 6 nitrogen and oxygen atoms in total. The molecule has 1 N–H and O–H groups in total. The standard InChI is InChI=1S/C20H25N3O3/c1-14-18(15-6-2-3-7-16(15)21-14)20(25)23-10-5-9-22(11-12-23)19(24)17-8-4-13-26-17/h2-3,6-7,17,21H,4-5,8-13H2,1H3. The number of amides is 2. The van der Waals surface area contributed by atoms with Crippen molar-refractivity contribution in [1.29, 1.82) is 0 Å². The van der Waals surface area contributed by atoms with Crippen LogP contribution in [0.5, 0.6) is 0 Å². The van der Waals surface area contributed by atoms with Gasteiger partial charge in [-0.1, -0.05) is 18.2 Å². The van der Waals surface area contributed by atoms with E-state index < -0.39 is 0 Å². The topological polar surface area (TPSA) is 65.6 Å². The first-order chi connectivity index (χ1) is 12.6. The molecule has 0 spiro atoms. The highest BCUT2D eigenvalue weighted by Crippen LogP contribution is 2.24. The summed E-state index contributed by atoms with van der Waals surface area (Å²) in [6.45, 7) is 5.12. The monoisotopic (exact) mass is 355 g/mol. The lowest BCUT2D eigenvalue weighted by atomic mass is 10.1. The Morgan fingerprint density at radius 1 is 1.08 bits per heavy atom. The number of aromatic amines is 1.